The summed E-state index contributed by atoms with van der Waals surface area (Å²) in [6, 6.07) is 8.58. The molecule has 0 spiro atoms. The molecule has 0 aliphatic carbocycles. The molecule has 5 nitrogen and oxygen atoms in total. The van der Waals surface area contributed by atoms with Gasteiger partial charge in [0.2, 0.25) is 0 Å². The van der Waals surface area contributed by atoms with Gasteiger partial charge in [0.05, 0.1) is 12.2 Å². The number of nitrogens with zero attached hydrogens (tertiary/aromatic N) is 3. The molecule has 2 aromatic rings. The van der Waals surface area contributed by atoms with E-state index in [4.69, 9.17) is 0 Å². The maximum absolute atomic E-state index is 12.8. The number of benzene rings is 1. The Hall–Kier alpha value is -1.29. The number of halogens is 2. The number of thioether (sulfide) groups is 1. The van der Waals surface area contributed by atoms with Gasteiger partial charge in [-0.3, -0.25) is 4.68 Å². The Bertz CT molecular complexity index is 645. The van der Waals surface area contributed by atoms with Crippen molar-refractivity contribution >= 4 is 41.7 Å². The zero-order valence-corrected chi connectivity index (χ0v) is 17.7. The van der Waals surface area contributed by atoms with Crippen LogP contribution in [0.3, 0.4) is 0 Å². The Morgan fingerprint density at radius 1 is 1.24 bits per heavy atom. The summed E-state index contributed by atoms with van der Waals surface area (Å²) in [5.41, 5.74) is 1.07. The van der Waals surface area contributed by atoms with Gasteiger partial charge in [-0.25, -0.2) is 9.38 Å². The molecule has 2 N–H and O–H groups in total. The van der Waals surface area contributed by atoms with Crippen molar-refractivity contribution in [3.63, 3.8) is 0 Å². The second-order valence-electron chi connectivity index (χ2n) is 5.22. The predicted molar refractivity (Wildman–Crippen MR) is 113 cm³/mol. The summed E-state index contributed by atoms with van der Waals surface area (Å²) in [6.07, 6.45) is 2.77. The summed E-state index contributed by atoms with van der Waals surface area (Å²) >= 11 is 1.73. The van der Waals surface area contributed by atoms with Gasteiger partial charge >= 0.3 is 0 Å². The van der Waals surface area contributed by atoms with Crippen LogP contribution in [0.5, 0.6) is 0 Å². The minimum Gasteiger partial charge on any atom is -0.357 e. The lowest BCUT2D eigenvalue weighted by Gasteiger charge is -2.11. The van der Waals surface area contributed by atoms with Crippen LogP contribution in [0, 0.1) is 5.82 Å². The fraction of sp³-hybridized carbons (Fsp3) is 0.412. The molecule has 0 saturated heterocycles. The highest BCUT2D eigenvalue weighted by Gasteiger charge is 2.00. The van der Waals surface area contributed by atoms with Gasteiger partial charge in [0, 0.05) is 31.2 Å². The number of nitrogens with one attached hydrogen (secondary N) is 2. The Kier molecular flexibility index (Phi) is 10.6. The van der Waals surface area contributed by atoms with Crippen LogP contribution in [0.25, 0.3) is 0 Å². The molecule has 0 radical (unpaired) electrons. The largest absolute Gasteiger partial charge is 0.357 e. The molecule has 0 atom stereocenters. The Morgan fingerprint density at radius 3 is 2.64 bits per heavy atom. The van der Waals surface area contributed by atoms with E-state index in [0.29, 0.717) is 6.54 Å². The van der Waals surface area contributed by atoms with Gasteiger partial charge < -0.3 is 10.6 Å². The highest BCUT2D eigenvalue weighted by molar-refractivity contribution is 14.0. The van der Waals surface area contributed by atoms with E-state index >= 15 is 0 Å². The molecule has 0 fully saturated rings. The van der Waals surface area contributed by atoms with E-state index < -0.39 is 0 Å². The number of hydrogen-bond donors (Lipinski definition) is 2. The lowest BCUT2D eigenvalue weighted by atomic mass is 10.4. The van der Waals surface area contributed by atoms with Gasteiger partial charge in [0.1, 0.15) is 5.82 Å². The predicted octanol–water partition coefficient (Wildman–Crippen LogP) is 3.41. The van der Waals surface area contributed by atoms with Gasteiger partial charge in [0.15, 0.2) is 5.96 Å². The van der Waals surface area contributed by atoms with Crippen LogP contribution in [-0.2, 0) is 13.6 Å². The summed E-state index contributed by atoms with van der Waals surface area (Å²) in [7, 11) is 1.91. The van der Waals surface area contributed by atoms with E-state index in [1.807, 2.05) is 36.9 Å². The lowest BCUT2D eigenvalue weighted by Crippen LogP contribution is -2.37. The zero-order chi connectivity index (χ0) is 17.2. The second-order valence-corrected chi connectivity index (χ2v) is 6.39. The monoisotopic (exact) mass is 477 g/mol. The first-order chi connectivity index (χ1) is 11.7. The Labute approximate surface area is 169 Å². The first-order valence-electron chi connectivity index (χ1n) is 8.06. The molecule has 1 aromatic heterocycles. The topological polar surface area (TPSA) is 54.2 Å². The molecular formula is C17H25FIN5S. The first kappa shape index (κ1) is 21.8. The standard InChI is InChI=1S/C17H24FN5S.HI/c1-3-19-17(21-13-15-9-11-22-23(15)2)20-10-4-12-24-16-7-5-14(18)6-8-16;/h5-9,11H,3-4,10,12-13H2,1-2H3,(H2,19,20,21);1H. The van der Waals surface area contributed by atoms with Crippen molar-refractivity contribution in [3.05, 3.63) is 48.0 Å². The van der Waals surface area contributed by atoms with Crippen molar-refractivity contribution in [2.45, 2.75) is 24.8 Å². The van der Waals surface area contributed by atoms with Gasteiger partial charge in [-0.05, 0) is 49.4 Å². The maximum Gasteiger partial charge on any atom is 0.191 e. The smallest absolute Gasteiger partial charge is 0.191 e. The SMILES string of the molecule is CCNC(=NCc1ccnn1C)NCCCSc1ccc(F)cc1.I. The quantitative estimate of drug-likeness (QED) is 0.201. The molecule has 1 heterocycles. The molecule has 8 heteroatoms. The molecule has 0 amide bonds. The first-order valence-corrected chi connectivity index (χ1v) is 9.05. The minimum absolute atomic E-state index is 0. The van der Waals surface area contributed by atoms with Crippen LogP contribution in [0.2, 0.25) is 0 Å². The summed E-state index contributed by atoms with van der Waals surface area (Å²) in [4.78, 5) is 5.66. The summed E-state index contributed by atoms with van der Waals surface area (Å²) < 4.78 is 14.7. The molecule has 2 rings (SSSR count). The number of guanidine groups is 1. The highest BCUT2D eigenvalue weighted by atomic mass is 127. The van der Waals surface area contributed by atoms with Gasteiger partial charge in [-0.2, -0.15) is 5.10 Å². The van der Waals surface area contributed by atoms with Crippen molar-refractivity contribution in [1.82, 2.24) is 20.4 Å². The highest BCUT2D eigenvalue weighted by Crippen LogP contribution is 2.18. The fourth-order valence-electron chi connectivity index (χ4n) is 2.06. The van der Waals surface area contributed by atoms with Gasteiger partial charge in [-0.15, -0.1) is 35.7 Å². The number of aliphatic imine (C=N–C) groups is 1. The van der Waals surface area contributed by atoms with E-state index in [9.17, 15) is 4.39 Å². The maximum atomic E-state index is 12.8. The van der Waals surface area contributed by atoms with Crippen LogP contribution in [0.15, 0.2) is 46.4 Å². The van der Waals surface area contributed by atoms with Crippen molar-refractivity contribution in [2.24, 2.45) is 12.0 Å². The minimum atomic E-state index is -0.194. The Morgan fingerprint density at radius 2 is 2.00 bits per heavy atom. The summed E-state index contributed by atoms with van der Waals surface area (Å²) in [5, 5.41) is 10.7. The number of aromatic nitrogens is 2. The number of aryl methyl sites for hydroxylation is 1. The average molecular weight is 477 g/mol. The van der Waals surface area contributed by atoms with E-state index in [0.717, 1.165) is 41.8 Å². The van der Waals surface area contributed by atoms with Crippen molar-refractivity contribution in [3.8, 4) is 0 Å². The van der Waals surface area contributed by atoms with Crippen molar-refractivity contribution < 1.29 is 4.39 Å². The molecule has 138 valence electrons. The molecule has 0 unspecified atom stereocenters. The van der Waals surface area contributed by atoms with E-state index in [2.05, 4.69) is 20.7 Å². The third kappa shape index (κ3) is 8.08. The summed E-state index contributed by atoms with van der Waals surface area (Å²) in [6.45, 7) is 4.30. The van der Waals surface area contributed by atoms with Gasteiger partial charge in [0.25, 0.3) is 0 Å². The Balaban J connectivity index is 0.00000312. The third-order valence-corrected chi connectivity index (χ3v) is 4.46. The van der Waals surface area contributed by atoms with Gasteiger partial charge in [-0.1, -0.05) is 0 Å². The summed E-state index contributed by atoms with van der Waals surface area (Å²) in [5.74, 6) is 1.59. The van der Waals surface area contributed by atoms with Crippen molar-refractivity contribution in [1.29, 1.82) is 0 Å². The van der Waals surface area contributed by atoms with E-state index in [1.54, 1.807) is 18.0 Å². The van der Waals surface area contributed by atoms with Crippen LogP contribution in [-0.4, -0.2) is 34.6 Å². The fourth-order valence-corrected chi connectivity index (χ4v) is 2.91. The van der Waals surface area contributed by atoms with Crippen LogP contribution >= 0.6 is 35.7 Å². The molecular weight excluding hydrogens is 452 g/mol. The molecule has 0 aliphatic rings. The third-order valence-electron chi connectivity index (χ3n) is 3.36. The molecule has 1 aromatic carbocycles. The number of rotatable bonds is 8. The number of hydrogen-bond acceptors (Lipinski definition) is 3. The molecule has 0 aliphatic heterocycles. The molecule has 25 heavy (non-hydrogen) atoms. The van der Waals surface area contributed by atoms with Crippen LogP contribution in [0.4, 0.5) is 4.39 Å². The van der Waals surface area contributed by atoms with E-state index in [1.165, 1.54) is 12.1 Å². The molecule has 0 saturated carbocycles. The van der Waals surface area contributed by atoms with Crippen molar-refractivity contribution in [2.75, 3.05) is 18.8 Å². The van der Waals surface area contributed by atoms with E-state index in [-0.39, 0.29) is 29.8 Å². The average Bonchev–Trinajstić information content (AvgIpc) is 2.99. The van der Waals surface area contributed by atoms with Crippen LogP contribution < -0.4 is 10.6 Å². The normalized spacial score (nSPS) is 11.1. The lowest BCUT2D eigenvalue weighted by molar-refractivity contribution is 0.626. The van der Waals surface area contributed by atoms with Crippen LogP contribution in [0.1, 0.15) is 19.0 Å². The second kappa shape index (κ2) is 12.1. The molecule has 0 bridgehead atoms. The zero-order valence-electron chi connectivity index (χ0n) is 14.5.